The van der Waals surface area contributed by atoms with Crippen LogP contribution >= 0.6 is 23.2 Å². The highest BCUT2D eigenvalue weighted by molar-refractivity contribution is 6.48. The van der Waals surface area contributed by atoms with Crippen LogP contribution < -0.4 is 15.4 Å². The molecule has 4 rings (SSSR count). The molecule has 3 amide bonds. The summed E-state index contributed by atoms with van der Waals surface area (Å²) < 4.78 is 5.26. The molecule has 0 spiro atoms. The summed E-state index contributed by atoms with van der Waals surface area (Å²) in [6.07, 6.45) is 0. The van der Waals surface area contributed by atoms with Crippen LogP contribution in [-0.2, 0) is 16.1 Å². The monoisotopic (exact) mass is 495 g/mol. The van der Waals surface area contributed by atoms with Crippen molar-refractivity contribution in [1.82, 2.24) is 4.90 Å². The maximum absolute atomic E-state index is 12.9. The van der Waals surface area contributed by atoms with Gasteiger partial charge in [-0.3, -0.25) is 19.3 Å². The van der Waals surface area contributed by atoms with E-state index in [1.165, 1.54) is 7.11 Å². The second-order valence-corrected chi connectivity index (χ2v) is 8.19. The van der Waals surface area contributed by atoms with Crippen LogP contribution in [0.2, 0.25) is 5.02 Å². The van der Waals surface area contributed by atoms with E-state index in [0.717, 1.165) is 10.5 Å². The van der Waals surface area contributed by atoms with Gasteiger partial charge in [0.1, 0.15) is 16.5 Å². The van der Waals surface area contributed by atoms with Crippen molar-refractivity contribution in [3.63, 3.8) is 0 Å². The summed E-state index contributed by atoms with van der Waals surface area (Å²) >= 11 is 12.2. The van der Waals surface area contributed by atoms with Gasteiger partial charge in [0, 0.05) is 16.3 Å². The molecule has 0 atom stereocenters. The number of nitrogens with one attached hydrogen (secondary N) is 2. The van der Waals surface area contributed by atoms with Gasteiger partial charge in [0.25, 0.3) is 17.7 Å². The second kappa shape index (κ2) is 9.99. The number of methoxy groups -OCH3 is 1. The van der Waals surface area contributed by atoms with E-state index in [9.17, 15) is 14.4 Å². The topological polar surface area (TPSA) is 87.7 Å². The van der Waals surface area contributed by atoms with Gasteiger partial charge in [-0.1, -0.05) is 59.6 Å². The highest BCUT2D eigenvalue weighted by Crippen LogP contribution is 2.29. The molecule has 3 aromatic carbocycles. The lowest BCUT2D eigenvalue weighted by atomic mass is 10.1. The first-order valence-electron chi connectivity index (χ1n) is 10.2. The quantitative estimate of drug-likeness (QED) is 0.448. The number of benzene rings is 3. The first-order valence-corrected chi connectivity index (χ1v) is 10.9. The highest BCUT2D eigenvalue weighted by atomic mass is 35.5. The number of rotatable bonds is 7. The summed E-state index contributed by atoms with van der Waals surface area (Å²) in [7, 11) is 1.49. The number of carbonyl (C=O) groups is 3. The molecule has 172 valence electrons. The Hall–Kier alpha value is -3.81. The van der Waals surface area contributed by atoms with Crippen molar-refractivity contribution in [2.45, 2.75) is 6.54 Å². The first kappa shape index (κ1) is 23.4. The van der Waals surface area contributed by atoms with Gasteiger partial charge in [0.2, 0.25) is 0 Å². The predicted octanol–water partition coefficient (Wildman–Crippen LogP) is 5.03. The fraction of sp³-hybridized carbons (Fsp3) is 0.0800. The zero-order valence-electron chi connectivity index (χ0n) is 18.0. The number of nitrogens with zero attached hydrogens (tertiary/aromatic N) is 1. The number of amides is 3. The number of imide groups is 1. The van der Waals surface area contributed by atoms with Gasteiger partial charge in [-0.15, -0.1) is 0 Å². The van der Waals surface area contributed by atoms with Gasteiger partial charge in [-0.05, 0) is 42.0 Å². The van der Waals surface area contributed by atoms with E-state index in [4.69, 9.17) is 27.9 Å². The van der Waals surface area contributed by atoms with Crippen molar-refractivity contribution in [3.05, 3.63) is 99.7 Å². The van der Waals surface area contributed by atoms with Crippen LogP contribution in [0.4, 0.5) is 11.4 Å². The fourth-order valence-corrected chi connectivity index (χ4v) is 3.82. The summed E-state index contributed by atoms with van der Waals surface area (Å²) in [6.45, 7) is 0.101. The molecule has 3 aromatic rings. The van der Waals surface area contributed by atoms with Crippen LogP contribution in [0.3, 0.4) is 0 Å². The zero-order chi connectivity index (χ0) is 24.2. The van der Waals surface area contributed by atoms with E-state index in [1.54, 1.807) is 42.5 Å². The van der Waals surface area contributed by atoms with E-state index in [0.29, 0.717) is 27.7 Å². The molecule has 1 aliphatic rings. The molecule has 0 saturated heterocycles. The number of hydrogen-bond acceptors (Lipinski definition) is 5. The Kier molecular flexibility index (Phi) is 6.86. The third kappa shape index (κ3) is 4.90. The Morgan fingerprint density at radius 3 is 2.44 bits per heavy atom. The SMILES string of the molecule is COc1ccc(Cl)cc1NC(=O)c1cccc(NC2=C(Cl)C(=O)N(Cc3ccccc3)C2=O)c1. The molecule has 0 aromatic heterocycles. The molecule has 0 aliphatic carbocycles. The van der Waals surface area contributed by atoms with Crippen LogP contribution in [0.15, 0.2) is 83.5 Å². The third-order valence-electron chi connectivity index (χ3n) is 5.10. The molecule has 7 nitrogen and oxygen atoms in total. The van der Waals surface area contributed by atoms with E-state index >= 15 is 0 Å². The number of hydrogen-bond donors (Lipinski definition) is 2. The Bertz CT molecular complexity index is 1310. The highest BCUT2D eigenvalue weighted by Gasteiger charge is 2.37. The van der Waals surface area contributed by atoms with Crippen LogP contribution in [0, 0.1) is 0 Å². The smallest absolute Gasteiger partial charge is 0.279 e. The predicted molar refractivity (Wildman–Crippen MR) is 131 cm³/mol. The summed E-state index contributed by atoms with van der Waals surface area (Å²) in [6, 6.07) is 20.5. The number of carbonyl (C=O) groups excluding carboxylic acids is 3. The lowest BCUT2D eigenvalue weighted by Gasteiger charge is -2.15. The molecule has 0 saturated carbocycles. The summed E-state index contributed by atoms with van der Waals surface area (Å²) in [5.74, 6) is -1.08. The molecule has 1 heterocycles. The minimum Gasteiger partial charge on any atom is -0.495 e. The summed E-state index contributed by atoms with van der Waals surface area (Å²) in [5.41, 5.74) is 1.89. The molecule has 0 unspecified atom stereocenters. The summed E-state index contributed by atoms with van der Waals surface area (Å²) in [5, 5.41) is 5.88. The van der Waals surface area contributed by atoms with Crippen LogP contribution in [0.1, 0.15) is 15.9 Å². The molecule has 34 heavy (non-hydrogen) atoms. The minimum atomic E-state index is -0.583. The van der Waals surface area contributed by atoms with E-state index in [2.05, 4.69) is 10.6 Å². The van der Waals surface area contributed by atoms with E-state index in [-0.39, 0.29) is 17.3 Å². The molecule has 0 radical (unpaired) electrons. The molecule has 0 bridgehead atoms. The second-order valence-electron chi connectivity index (χ2n) is 7.38. The Morgan fingerprint density at radius 2 is 1.71 bits per heavy atom. The van der Waals surface area contributed by atoms with Crippen molar-refractivity contribution < 1.29 is 19.1 Å². The Labute approximate surface area is 205 Å². The van der Waals surface area contributed by atoms with Crippen molar-refractivity contribution in [3.8, 4) is 5.75 Å². The normalized spacial score (nSPS) is 13.3. The largest absolute Gasteiger partial charge is 0.495 e. The van der Waals surface area contributed by atoms with Gasteiger partial charge < -0.3 is 15.4 Å². The van der Waals surface area contributed by atoms with Crippen molar-refractivity contribution in [2.75, 3.05) is 17.7 Å². The van der Waals surface area contributed by atoms with Crippen molar-refractivity contribution in [1.29, 1.82) is 0 Å². The molecule has 0 fully saturated rings. The minimum absolute atomic E-state index is 0.0448. The van der Waals surface area contributed by atoms with Gasteiger partial charge in [0.05, 0.1) is 19.3 Å². The standard InChI is InChI=1S/C25H19Cl2N3O4/c1-34-20-11-10-17(26)13-19(20)29-23(31)16-8-5-9-18(12-16)28-22-21(27)24(32)30(25(22)33)14-15-6-3-2-4-7-15/h2-13,28H,14H2,1H3,(H,29,31). The van der Waals surface area contributed by atoms with Crippen molar-refractivity contribution >= 4 is 52.3 Å². The zero-order valence-corrected chi connectivity index (χ0v) is 19.5. The number of ether oxygens (including phenoxy) is 1. The Balaban J connectivity index is 1.51. The first-order chi connectivity index (χ1) is 16.4. The van der Waals surface area contributed by atoms with Crippen LogP contribution in [-0.4, -0.2) is 29.7 Å². The van der Waals surface area contributed by atoms with E-state index in [1.807, 2.05) is 30.3 Å². The lowest BCUT2D eigenvalue weighted by Crippen LogP contribution is -2.31. The average Bonchev–Trinajstić information content (AvgIpc) is 3.03. The van der Waals surface area contributed by atoms with E-state index < -0.39 is 17.7 Å². The third-order valence-corrected chi connectivity index (χ3v) is 5.68. The fourth-order valence-electron chi connectivity index (χ4n) is 3.42. The molecule has 2 N–H and O–H groups in total. The van der Waals surface area contributed by atoms with Crippen molar-refractivity contribution in [2.24, 2.45) is 0 Å². The van der Waals surface area contributed by atoms with Gasteiger partial charge in [-0.2, -0.15) is 0 Å². The number of anilines is 2. The molecular formula is C25H19Cl2N3O4. The average molecular weight is 496 g/mol. The summed E-state index contributed by atoms with van der Waals surface area (Å²) in [4.78, 5) is 39.4. The van der Waals surface area contributed by atoms with Crippen LogP contribution in [0.25, 0.3) is 0 Å². The maximum Gasteiger partial charge on any atom is 0.279 e. The molecular weight excluding hydrogens is 477 g/mol. The molecule has 1 aliphatic heterocycles. The van der Waals surface area contributed by atoms with Gasteiger partial charge >= 0.3 is 0 Å². The maximum atomic E-state index is 12.9. The van der Waals surface area contributed by atoms with Gasteiger partial charge in [0.15, 0.2) is 0 Å². The lowest BCUT2D eigenvalue weighted by molar-refractivity contribution is -0.138. The Morgan fingerprint density at radius 1 is 0.941 bits per heavy atom. The van der Waals surface area contributed by atoms with Gasteiger partial charge in [-0.25, -0.2) is 0 Å². The molecule has 9 heteroatoms. The number of halogens is 2. The van der Waals surface area contributed by atoms with Crippen LogP contribution in [0.5, 0.6) is 5.75 Å².